The van der Waals surface area contributed by atoms with Crippen molar-refractivity contribution in [1.82, 2.24) is 5.32 Å². The summed E-state index contributed by atoms with van der Waals surface area (Å²) in [6.07, 6.45) is 1.73. The fourth-order valence-corrected chi connectivity index (χ4v) is 2.31. The number of hydrogen-bond acceptors (Lipinski definition) is 8. The van der Waals surface area contributed by atoms with E-state index in [1.807, 2.05) is 0 Å². The number of carboxylic acid groups (broad SMARTS) is 2. The average Bonchev–Trinajstić information content (AvgIpc) is 2.53. The third kappa shape index (κ3) is 4.50. The molecule has 0 fully saturated rings. The lowest BCUT2D eigenvalue weighted by Crippen LogP contribution is -2.48. The number of unbranched alkanes of at least 4 members (excludes halogenated alkanes) is 1. The number of carbonyl (C=O) groups is 2. The Balaban J connectivity index is 3.13. The first-order valence-corrected chi connectivity index (χ1v) is 7.29. The predicted molar refractivity (Wildman–Crippen MR) is 82.6 cm³/mol. The van der Waals surface area contributed by atoms with Gasteiger partial charge in [0.05, 0.1) is 4.92 Å². The Bertz CT molecular complexity index is 628. The van der Waals surface area contributed by atoms with Crippen LogP contribution in [0.3, 0.4) is 0 Å². The van der Waals surface area contributed by atoms with Crippen LogP contribution in [-0.2, 0) is 9.59 Å². The highest BCUT2D eigenvalue weighted by Gasteiger charge is 2.55. The number of aliphatic carboxylic acids is 2. The summed E-state index contributed by atoms with van der Waals surface area (Å²) in [6.45, 7) is 0.360. The molecule has 0 spiro atoms. The van der Waals surface area contributed by atoms with Crippen molar-refractivity contribution in [3.63, 3.8) is 0 Å². The summed E-state index contributed by atoms with van der Waals surface area (Å²) in [5.41, 5.74) is 1.65. The van der Waals surface area contributed by atoms with Crippen molar-refractivity contribution in [2.75, 3.05) is 6.54 Å². The molecule has 1 aliphatic rings. The molecule has 0 amide bonds. The van der Waals surface area contributed by atoms with Crippen molar-refractivity contribution >= 4 is 11.9 Å². The Hall–Kier alpha value is -3.02. The van der Waals surface area contributed by atoms with E-state index >= 15 is 0 Å². The van der Waals surface area contributed by atoms with E-state index in [0.717, 1.165) is 6.08 Å². The van der Waals surface area contributed by atoms with Crippen LogP contribution >= 0.6 is 0 Å². The van der Waals surface area contributed by atoms with Gasteiger partial charge in [-0.2, -0.15) is 0 Å². The lowest BCUT2D eigenvalue weighted by atomic mass is 9.88. The summed E-state index contributed by atoms with van der Waals surface area (Å²) in [5.74, 6) is -3.10. The Morgan fingerprint density at radius 3 is 2.40 bits per heavy atom. The van der Waals surface area contributed by atoms with E-state index in [1.165, 1.54) is 0 Å². The molecule has 0 heterocycles. The largest absolute Gasteiger partial charge is 0.480 e. The Labute approximate surface area is 141 Å². The summed E-state index contributed by atoms with van der Waals surface area (Å²) in [7, 11) is 0. The van der Waals surface area contributed by atoms with Crippen LogP contribution in [0.15, 0.2) is 23.5 Å². The van der Waals surface area contributed by atoms with Gasteiger partial charge in [0, 0.05) is 11.0 Å². The van der Waals surface area contributed by atoms with E-state index in [4.69, 9.17) is 10.8 Å². The quantitative estimate of drug-likeness (QED) is 0.228. The normalized spacial score (nSPS) is 20.8. The maximum absolute atomic E-state index is 11.3. The van der Waals surface area contributed by atoms with Gasteiger partial charge in [-0.15, -0.1) is 0 Å². The number of nitro groups is 2. The molecule has 1 rings (SSSR count). The lowest BCUT2D eigenvalue weighted by Gasteiger charge is -2.23. The van der Waals surface area contributed by atoms with Gasteiger partial charge in [0.1, 0.15) is 18.2 Å². The summed E-state index contributed by atoms with van der Waals surface area (Å²) in [6, 6.07) is -1.17. The van der Waals surface area contributed by atoms with Gasteiger partial charge < -0.3 is 21.3 Å². The fourth-order valence-electron chi connectivity index (χ4n) is 2.31. The van der Waals surface area contributed by atoms with E-state index in [1.54, 1.807) is 0 Å². The van der Waals surface area contributed by atoms with Crippen LogP contribution in [0.2, 0.25) is 0 Å². The molecule has 0 bridgehead atoms. The number of rotatable bonds is 10. The highest BCUT2D eigenvalue weighted by Crippen LogP contribution is 2.30. The molecule has 12 heteroatoms. The highest BCUT2D eigenvalue weighted by molar-refractivity contribution is 5.81. The van der Waals surface area contributed by atoms with Crippen molar-refractivity contribution in [3.05, 3.63) is 43.8 Å². The number of nitrogens with two attached hydrogens (primary N) is 1. The maximum atomic E-state index is 11.3. The first kappa shape index (κ1) is 20.0. The Morgan fingerprint density at radius 1 is 1.32 bits per heavy atom. The summed E-state index contributed by atoms with van der Waals surface area (Å²) < 4.78 is 0. The highest BCUT2D eigenvalue weighted by atomic mass is 16.6. The van der Waals surface area contributed by atoms with Gasteiger partial charge in [0.2, 0.25) is 0 Å². The monoisotopic (exact) mass is 358 g/mol. The molecule has 25 heavy (non-hydrogen) atoms. The van der Waals surface area contributed by atoms with E-state index in [-0.39, 0.29) is 12.1 Å². The van der Waals surface area contributed by atoms with Gasteiger partial charge in [-0.3, -0.25) is 20.2 Å². The summed E-state index contributed by atoms with van der Waals surface area (Å²) in [5, 5.41) is 43.0. The van der Waals surface area contributed by atoms with Gasteiger partial charge in [-0.25, -0.2) is 9.59 Å². The van der Waals surface area contributed by atoms with Crippen molar-refractivity contribution in [2.45, 2.75) is 37.3 Å². The number of hydrogen-bond donors (Lipinski definition) is 4. The second-order valence-electron chi connectivity index (χ2n) is 5.43. The molecule has 1 unspecified atom stereocenters. The van der Waals surface area contributed by atoms with Gasteiger partial charge in [0.25, 0.3) is 5.70 Å². The molecule has 0 radical (unpaired) electrons. The first-order chi connectivity index (χ1) is 11.7. The minimum atomic E-state index is -2.66. The molecule has 1 aliphatic carbocycles. The van der Waals surface area contributed by atoms with E-state index in [9.17, 15) is 34.9 Å². The molecule has 0 saturated heterocycles. The van der Waals surface area contributed by atoms with E-state index in [0.29, 0.717) is 25.5 Å². The third-order valence-electron chi connectivity index (χ3n) is 3.76. The second kappa shape index (κ2) is 8.19. The zero-order chi connectivity index (χ0) is 19.2. The standard InChI is InChI=1S/C13H18N4O8/c14-6-2-1-3-9(11(18)19)15-8-4-5-13(12(20)21,17(24)25)7-10(8)16(22)23/h4-5,9,15H,1-3,6-7,14H2,(H,18,19)(H,20,21)/t9-,13?/m0/s1. The van der Waals surface area contributed by atoms with Crippen LogP contribution in [0.1, 0.15) is 25.7 Å². The number of allylic oxidation sites excluding steroid dienone is 1. The molecule has 138 valence electrons. The van der Waals surface area contributed by atoms with Crippen LogP contribution < -0.4 is 11.1 Å². The topological polar surface area (TPSA) is 199 Å². The molecule has 0 aromatic heterocycles. The molecule has 0 aromatic rings. The van der Waals surface area contributed by atoms with Crippen molar-refractivity contribution in [2.24, 2.45) is 5.73 Å². The molecule has 0 saturated carbocycles. The molecule has 0 aliphatic heterocycles. The second-order valence-corrected chi connectivity index (χ2v) is 5.43. The smallest absolute Gasteiger partial charge is 0.387 e. The minimum Gasteiger partial charge on any atom is -0.480 e. The number of nitrogens with one attached hydrogen (secondary N) is 1. The number of carboxylic acids is 2. The van der Waals surface area contributed by atoms with Gasteiger partial charge in [-0.05, 0) is 31.9 Å². The Kier molecular flexibility index (Phi) is 6.56. The van der Waals surface area contributed by atoms with Gasteiger partial charge in [-0.1, -0.05) is 0 Å². The molecule has 12 nitrogen and oxygen atoms in total. The zero-order valence-electron chi connectivity index (χ0n) is 13.1. The van der Waals surface area contributed by atoms with Crippen molar-refractivity contribution in [1.29, 1.82) is 0 Å². The summed E-state index contributed by atoms with van der Waals surface area (Å²) in [4.78, 5) is 42.7. The SMILES string of the molecule is NCCCC[C@H](NC1=C([N+](=O)[O-])CC(C(=O)O)([N+](=O)[O-])C=C1)C(=O)O. The maximum Gasteiger partial charge on any atom is 0.387 e. The lowest BCUT2D eigenvalue weighted by molar-refractivity contribution is -0.548. The molecule has 2 atom stereocenters. The molecular weight excluding hydrogens is 340 g/mol. The van der Waals surface area contributed by atoms with Crippen molar-refractivity contribution < 1.29 is 29.6 Å². The van der Waals surface area contributed by atoms with Crippen LogP contribution in [0.4, 0.5) is 0 Å². The number of nitrogens with zero attached hydrogens (tertiary/aromatic N) is 2. The Morgan fingerprint density at radius 2 is 1.96 bits per heavy atom. The average molecular weight is 358 g/mol. The van der Waals surface area contributed by atoms with E-state index < -0.39 is 45.5 Å². The van der Waals surface area contributed by atoms with Crippen LogP contribution in [0.25, 0.3) is 0 Å². The van der Waals surface area contributed by atoms with Gasteiger partial charge >= 0.3 is 17.5 Å². The van der Waals surface area contributed by atoms with Crippen LogP contribution in [0, 0.1) is 20.2 Å². The minimum absolute atomic E-state index is 0.133. The van der Waals surface area contributed by atoms with Crippen LogP contribution in [-0.4, -0.2) is 50.1 Å². The fraction of sp³-hybridized carbons (Fsp3) is 0.538. The predicted octanol–water partition coefficient (Wildman–Crippen LogP) is -0.293. The molecular formula is C13H18N4O8. The first-order valence-electron chi connectivity index (χ1n) is 7.29. The zero-order valence-corrected chi connectivity index (χ0v) is 13.1. The molecule has 5 N–H and O–H groups in total. The van der Waals surface area contributed by atoms with Crippen LogP contribution in [0.5, 0.6) is 0 Å². The van der Waals surface area contributed by atoms with Crippen molar-refractivity contribution in [3.8, 4) is 0 Å². The third-order valence-corrected chi connectivity index (χ3v) is 3.76. The summed E-state index contributed by atoms with van der Waals surface area (Å²) >= 11 is 0. The van der Waals surface area contributed by atoms with Gasteiger partial charge in [0.15, 0.2) is 0 Å². The van der Waals surface area contributed by atoms with E-state index in [2.05, 4.69) is 5.32 Å². The molecule has 0 aromatic carbocycles.